The summed E-state index contributed by atoms with van der Waals surface area (Å²) in [6, 6.07) is 1.99. The maximum Gasteiger partial charge on any atom is 0.231 e. The third kappa shape index (κ3) is 4.03. The van der Waals surface area contributed by atoms with Crippen molar-refractivity contribution in [3.05, 3.63) is 17.2 Å². The van der Waals surface area contributed by atoms with Crippen LogP contribution in [0, 0.1) is 17.8 Å². The van der Waals surface area contributed by atoms with Gasteiger partial charge in [-0.1, -0.05) is 19.8 Å². The maximum atomic E-state index is 10.6. The average Bonchev–Trinajstić information content (AvgIpc) is 2.98. The Kier molecular flexibility index (Phi) is 6.33. The molecule has 0 bridgehead atoms. The number of rotatable bonds is 3. The summed E-state index contributed by atoms with van der Waals surface area (Å²) in [5.74, 6) is 8.94. The second-order valence-electron chi connectivity index (χ2n) is 7.64. The lowest BCUT2D eigenvalue weighted by molar-refractivity contribution is -0.905. The van der Waals surface area contributed by atoms with E-state index in [1.165, 1.54) is 10.5 Å². The Morgan fingerprint density at radius 1 is 1.42 bits per heavy atom. The molecule has 0 saturated heterocycles. The lowest BCUT2D eigenvalue weighted by Crippen LogP contribution is -3.10. The van der Waals surface area contributed by atoms with Crippen molar-refractivity contribution in [3.63, 3.8) is 0 Å². The first-order chi connectivity index (χ1) is 11.8. The van der Waals surface area contributed by atoms with Crippen molar-refractivity contribution >= 4 is 0 Å². The van der Waals surface area contributed by atoms with Gasteiger partial charge in [-0.2, -0.15) is 0 Å². The van der Waals surface area contributed by atoms with Gasteiger partial charge in [0.2, 0.25) is 12.5 Å². The topological polar surface area (TPSA) is 52.4 Å². The van der Waals surface area contributed by atoms with Crippen molar-refractivity contribution in [2.75, 3.05) is 27.5 Å². The summed E-state index contributed by atoms with van der Waals surface area (Å²) >= 11 is 0. The molecule has 5 nitrogen and oxygen atoms in total. The Bertz CT molecular complexity index is 721. The molecule has 1 aromatic rings. The first kappa shape index (κ1) is 20.7. The van der Waals surface area contributed by atoms with E-state index in [-0.39, 0.29) is 25.2 Å². The lowest BCUT2D eigenvalue weighted by Gasteiger charge is -2.30. The number of nitrogens with one attached hydrogen (secondary N) is 1. The van der Waals surface area contributed by atoms with Crippen LogP contribution in [-0.2, 0) is 6.42 Å². The molecule has 0 radical (unpaired) electrons. The summed E-state index contributed by atoms with van der Waals surface area (Å²) in [6.45, 7) is 7.16. The molecule has 2 heterocycles. The van der Waals surface area contributed by atoms with Crippen LogP contribution in [0.25, 0.3) is 0 Å². The van der Waals surface area contributed by atoms with Crippen LogP contribution in [0.15, 0.2) is 6.07 Å². The summed E-state index contributed by atoms with van der Waals surface area (Å²) in [5.41, 5.74) is 1.26. The molecular weight excluding hydrogens is 354 g/mol. The number of likely N-dealkylation sites (N-methyl/N-ethyl adjacent to an activating group) is 1. The average molecular weight is 382 g/mol. The van der Waals surface area contributed by atoms with E-state index < -0.39 is 5.60 Å². The van der Waals surface area contributed by atoms with Gasteiger partial charge in [-0.3, -0.25) is 0 Å². The van der Waals surface area contributed by atoms with Crippen LogP contribution in [0.1, 0.15) is 44.4 Å². The second-order valence-corrected chi connectivity index (χ2v) is 7.64. The fourth-order valence-electron chi connectivity index (χ4n) is 3.79. The number of hydrogen-bond donors (Lipinski definition) is 2. The van der Waals surface area contributed by atoms with Crippen LogP contribution < -0.4 is 31.5 Å². The number of aliphatic hydroxyl groups is 1. The van der Waals surface area contributed by atoms with Crippen LogP contribution in [-0.4, -0.2) is 38.2 Å². The van der Waals surface area contributed by atoms with E-state index in [0.717, 1.165) is 24.3 Å². The third-order valence-electron chi connectivity index (χ3n) is 4.81. The van der Waals surface area contributed by atoms with Gasteiger partial charge in [0.15, 0.2) is 17.5 Å². The minimum absolute atomic E-state index is 0. The van der Waals surface area contributed by atoms with Crippen LogP contribution in [0.3, 0.4) is 0 Å². The SMILES string of the molecule is COc1c2c(cc3c1C(C#CC(C)(O)CC(C)C)[NH+](C)CC3)OCO2.[Cl-]. The molecule has 3 atom stereocenters. The van der Waals surface area contributed by atoms with Gasteiger partial charge in [0.05, 0.1) is 26.3 Å². The predicted octanol–water partition coefficient (Wildman–Crippen LogP) is -1.66. The molecule has 0 saturated carbocycles. The molecule has 0 aliphatic carbocycles. The monoisotopic (exact) mass is 381 g/mol. The molecule has 1 aromatic carbocycles. The van der Waals surface area contributed by atoms with E-state index in [2.05, 4.69) is 32.7 Å². The summed E-state index contributed by atoms with van der Waals surface area (Å²) in [6.07, 6.45) is 1.59. The number of quaternary nitrogens is 1. The first-order valence-electron chi connectivity index (χ1n) is 8.89. The van der Waals surface area contributed by atoms with E-state index in [1.54, 1.807) is 14.0 Å². The van der Waals surface area contributed by atoms with E-state index in [9.17, 15) is 5.11 Å². The summed E-state index contributed by atoms with van der Waals surface area (Å²) < 4.78 is 16.8. The first-order valence-corrected chi connectivity index (χ1v) is 8.89. The van der Waals surface area contributed by atoms with Crippen LogP contribution in [0.4, 0.5) is 0 Å². The summed E-state index contributed by atoms with van der Waals surface area (Å²) in [5, 5.41) is 10.6. The second kappa shape index (κ2) is 7.96. The Morgan fingerprint density at radius 3 is 2.81 bits per heavy atom. The predicted molar refractivity (Wildman–Crippen MR) is 95.2 cm³/mol. The Labute approximate surface area is 162 Å². The van der Waals surface area contributed by atoms with Crippen LogP contribution in [0.5, 0.6) is 17.2 Å². The van der Waals surface area contributed by atoms with E-state index in [4.69, 9.17) is 14.2 Å². The molecule has 144 valence electrons. The van der Waals surface area contributed by atoms with Gasteiger partial charge >= 0.3 is 0 Å². The highest BCUT2D eigenvalue weighted by molar-refractivity contribution is 5.62. The zero-order valence-corrected chi connectivity index (χ0v) is 16.9. The quantitative estimate of drug-likeness (QED) is 0.615. The van der Waals surface area contributed by atoms with E-state index >= 15 is 0 Å². The molecule has 3 rings (SSSR count). The fourth-order valence-corrected chi connectivity index (χ4v) is 3.79. The molecule has 2 aliphatic heterocycles. The number of methoxy groups -OCH3 is 1. The summed E-state index contributed by atoms with van der Waals surface area (Å²) in [4.78, 5) is 1.29. The molecule has 3 unspecified atom stereocenters. The fraction of sp³-hybridized carbons (Fsp3) is 0.600. The number of ether oxygens (including phenoxy) is 3. The zero-order valence-electron chi connectivity index (χ0n) is 16.1. The number of fused-ring (bicyclic) bond motifs is 2. The summed E-state index contributed by atoms with van der Waals surface area (Å²) in [7, 11) is 3.78. The van der Waals surface area contributed by atoms with Crippen LogP contribution >= 0.6 is 0 Å². The number of benzene rings is 1. The smallest absolute Gasteiger partial charge is 0.231 e. The molecule has 2 aliphatic rings. The minimum Gasteiger partial charge on any atom is -1.00 e. The van der Waals surface area contributed by atoms with Gasteiger partial charge < -0.3 is 36.6 Å². The van der Waals surface area contributed by atoms with Crippen molar-refractivity contribution in [2.24, 2.45) is 5.92 Å². The Balaban J connectivity index is 0.00000243. The van der Waals surface area contributed by atoms with Gasteiger partial charge in [0.1, 0.15) is 5.60 Å². The molecule has 2 N–H and O–H groups in total. The highest BCUT2D eigenvalue weighted by Gasteiger charge is 2.36. The minimum atomic E-state index is -0.990. The molecule has 0 spiro atoms. The molecule has 6 heteroatoms. The van der Waals surface area contributed by atoms with Crippen LogP contribution in [0.2, 0.25) is 0 Å². The molecule has 26 heavy (non-hydrogen) atoms. The van der Waals surface area contributed by atoms with Crippen molar-refractivity contribution < 1.29 is 36.6 Å². The molecular formula is C20H28ClNO4. The number of halogens is 1. The lowest BCUT2D eigenvalue weighted by atomic mass is 9.89. The van der Waals surface area contributed by atoms with Crippen molar-refractivity contribution in [2.45, 2.75) is 45.3 Å². The number of hydrogen-bond acceptors (Lipinski definition) is 4. The van der Waals surface area contributed by atoms with Gasteiger partial charge in [0, 0.05) is 6.42 Å². The third-order valence-corrected chi connectivity index (χ3v) is 4.81. The standard InChI is InChI=1S/C20H27NO4.ClH/c1-13(2)11-20(3,22)8-6-15-17-14(7-9-21(15)4)10-16-18(19(17)23-5)25-12-24-16;/h10,13,15,22H,7,9,11-12H2,1-5H3;1H. The highest BCUT2D eigenvalue weighted by atomic mass is 35.5. The van der Waals surface area contributed by atoms with E-state index in [0.29, 0.717) is 23.8 Å². The van der Waals surface area contributed by atoms with Gasteiger partial charge in [-0.25, -0.2) is 0 Å². The van der Waals surface area contributed by atoms with Gasteiger partial charge in [-0.05, 0) is 36.8 Å². The van der Waals surface area contributed by atoms with Crippen molar-refractivity contribution in [3.8, 4) is 29.1 Å². The maximum absolute atomic E-state index is 10.6. The van der Waals surface area contributed by atoms with Gasteiger partial charge in [0.25, 0.3) is 0 Å². The highest BCUT2D eigenvalue weighted by Crippen LogP contribution is 2.47. The Hall–Kier alpha value is -1.61. The molecule has 0 fully saturated rings. The normalized spacial score (nSPS) is 22.6. The Morgan fingerprint density at radius 2 is 2.15 bits per heavy atom. The molecule has 0 amide bonds. The van der Waals surface area contributed by atoms with Crippen molar-refractivity contribution in [1.29, 1.82) is 0 Å². The zero-order chi connectivity index (χ0) is 18.2. The molecule has 0 aromatic heterocycles. The van der Waals surface area contributed by atoms with Crippen molar-refractivity contribution in [1.82, 2.24) is 0 Å². The van der Waals surface area contributed by atoms with E-state index in [1.807, 2.05) is 6.07 Å². The van der Waals surface area contributed by atoms with Gasteiger partial charge in [-0.15, -0.1) is 0 Å². The largest absolute Gasteiger partial charge is 1.00 e.